The van der Waals surface area contributed by atoms with Crippen LogP contribution in [0.15, 0.2) is 78.9 Å². The zero-order chi connectivity index (χ0) is 22.2. The first-order chi connectivity index (χ1) is 14.9. The summed E-state index contributed by atoms with van der Waals surface area (Å²) in [5, 5.41) is 14.8. The number of hydrogen-bond acceptors (Lipinski definition) is 4. The van der Waals surface area contributed by atoms with E-state index in [-0.39, 0.29) is 17.0 Å². The van der Waals surface area contributed by atoms with Gasteiger partial charge in [0.15, 0.2) is 0 Å². The van der Waals surface area contributed by atoms with Crippen molar-refractivity contribution in [3.63, 3.8) is 0 Å². The second-order valence-electron chi connectivity index (χ2n) is 6.57. The molecule has 1 atom stereocenters. The number of carbonyl (C=O) groups excluding carboxylic acids is 2. The minimum absolute atomic E-state index is 0.0437. The summed E-state index contributed by atoms with van der Waals surface area (Å²) in [6.07, 6.45) is -0.600. The smallest absolute Gasteiger partial charge is 0.417 e. The molecule has 0 bridgehead atoms. The van der Waals surface area contributed by atoms with Gasteiger partial charge in [0, 0.05) is 12.1 Å². The van der Waals surface area contributed by atoms with Crippen molar-refractivity contribution in [1.82, 2.24) is 5.32 Å². The molecular formula is C23H19ClN2O5. The van der Waals surface area contributed by atoms with E-state index in [2.05, 4.69) is 10.6 Å². The average molecular weight is 439 g/mol. The molecular weight excluding hydrogens is 420 g/mol. The van der Waals surface area contributed by atoms with Gasteiger partial charge in [-0.15, -0.1) is 0 Å². The van der Waals surface area contributed by atoms with Crippen molar-refractivity contribution >= 4 is 35.3 Å². The van der Waals surface area contributed by atoms with Gasteiger partial charge in [0.25, 0.3) is 5.91 Å². The maximum Gasteiger partial charge on any atom is 0.417 e. The number of carbonyl (C=O) groups is 3. The zero-order valence-electron chi connectivity index (χ0n) is 16.2. The molecule has 0 saturated carbocycles. The lowest BCUT2D eigenvalue weighted by atomic mass is 10.1. The van der Waals surface area contributed by atoms with Gasteiger partial charge < -0.3 is 15.2 Å². The van der Waals surface area contributed by atoms with Crippen LogP contribution in [-0.2, 0) is 11.2 Å². The molecule has 0 heterocycles. The molecule has 3 rings (SSSR count). The van der Waals surface area contributed by atoms with Crippen LogP contribution in [0.4, 0.5) is 10.5 Å². The van der Waals surface area contributed by atoms with Gasteiger partial charge in [0.05, 0.1) is 10.6 Å². The number of amides is 2. The van der Waals surface area contributed by atoms with Crippen molar-refractivity contribution in [2.24, 2.45) is 0 Å². The molecule has 7 nitrogen and oxygen atoms in total. The highest BCUT2D eigenvalue weighted by Crippen LogP contribution is 2.17. The summed E-state index contributed by atoms with van der Waals surface area (Å²) < 4.78 is 5.21. The maximum atomic E-state index is 12.4. The Bertz CT molecular complexity index is 1070. The highest BCUT2D eigenvalue weighted by Gasteiger charge is 2.22. The van der Waals surface area contributed by atoms with Crippen LogP contribution in [0.5, 0.6) is 5.75 Å². The SMILES string of the molecule is O=C(Nc1ccccc1)Oc1ccc(C[C@H](NC(=O)c2ccccc2Cl)C(=O)O)cc1. The Morgan fingerprint density at radius 2 is 1.55 bits per heavy atom. The van der Waals surface area contributed by atoms with Gasteiger partial charge in [-0.3, -0.25) is 10.1 Å². The van der Waals surface area contributed by atoms with E-state index in [9.17, 15) is 19.5 Å². The molecule has 31 heavy (non-hydrogen) atoms. The van der Waals surface area contributed by atoms with Gasteiger partial charge in [-0.25, -0.2) is 9.59 Å². The Hall–Kier alpha value is -3.84. The lowest BCUT2D eigenvalue weighted by molar-refractivity contribution is -0.139. The van der Waals surface area contributed by atoms with Crippen molar-refractivity contribution in [1.29, 1.82) is 0 Å². The number of hydrogen-bond donors (Lipinski definition) is 3. The third kappa shape index (κ3) is 6.32. The predicted molar refractivity (Wildman–Crippen MR) is 117 cm³/mol. The maximum absolute atomic E-state index is 12.4. The molecule has 0 unspecified atom stereocenters. The van der Waals surface area contributed by atoms with E-state index < -0.39 is 24.0 Å². The Balaban J connectivity index is 1.60. The van der Waals surface area contributed by atoms with Crippen LogP contribution in [0.25, 0.3) is 0 Å². The number of ether oxygens (including phenoxy) is 1. The lowest BCUT2D eigenvalue weighted by Crippen LogP contribution is -2.42. The quantitative estimate of drug-likeness (QED) is 0.508. The largest absolute Gasteiger partial charge is 0.480 e. The second-order valence-corrected chi connectivity index (χ2v) is 6.98. The van der Waals surface area contributed by atoms with Crippen LogP contribution in [0.2, 0.25) is 5.02 Å². The fraction of sp³-hybridized carbons (Fsp3) is 0.0870. The van der Waals surface area contributed by atoms with E-state index in [1.165, 1.54) is 6.07 Å². The van der Waals surface area contributed by atoms with Crippen molar-refractivity contribution in [3.8, 4) is 5.75 Å². The average Bonchev–Trinajstić information content (AvgIpc) is 2.75. The number of halogens is 1. The molecule has 0 aliphatic rings. The highest BCUT2D eigenvalue weighted by atomic mass is 35.5. The normalized spacial score (nSPS) is 11.3. The number of carboxylic acid groups (broad SMARTS) is 1. The summed E-state index contributed by atoms with van der Waals surface area (Å²) in [6, 6.07) is 20.5. The minimum atomic E-state index is -1.18. The summed E-state index contributed by atoms with van der Waals surface area (Å²) >= 11 is 6.00. The Labute approximate surface area is 183 Å². The van der Waals surface area contributed by atoms with E-state index in [0.717, 1.165) is 0 Å². The van der Waals surface area contributed by atoms with E-state index >= 15 is 0 Å². The number of benzene rings is 3. The monoisotopic (exact) mass is 438 g/mol. The van der Waals surface area contributed by atoms with Crippen molar-refractivity contribution in [2.45, 2.75) is 12.5 Å². The number of para-hydroxylation sites is 1. The van der Waals surface area contributed by atoms with Crippen LogP contribution >= 0.6 is 11.6 Å². The molecule has 0 aliphatic carbocycles. The van der Waals surface area contributed by atoms with E-state index in [1.54, 1.807) is 66.7 Å². The predicted octanol–water partition coefficient (Wildman–Crippen LogP) is 4.38. The second kappa shape index (κ2) is 10.3. The van der Waals surface area contributed by atoms with E-state index in [4.69, 9.17) is 16.3 Å². The summed E-state index contributed by atoms with van der Waals surface area (Å²) in [7, 11) is 0. The topological polar surface area (TPSA) is 105 Å². The molecule has 3 aromatic rings. The molecule has 3 aromatic carbocycles. The van der Waals surface area contributed by atoms with Crippen LogP contribution in [0.3, 0.4) is 0 Å². The minimum Gasteiger partial charge on any atom is -0.480 e. The summed E-state index contributed by atoms with van der Waals surface area (Å²) in [5.74, 6) is -1.46. The molecule has 8 heteroatoms. The number of rotatable bonds is 7. The third-order valence-electron chi connectivity index (χ3n) is 4.32. The summed E-state index contributed by atoms with van der Waals surface area (Å²) in [5.41, 5.74) is 1.44. The molecule has 0 aromatic heterocycles. The Kier molecular flexibility index (Phi) is 7.24. The van der Waals surface area contributed by atoms with Crippen LogP contribution in [0.1, 0.15) is 15.9 Å². The van der Waals surface area contributed by atoms with Crippen LogP contribution in [-0.4, -0.2) is 29.1 Å². The van der Waals surface area contributed by atoms with Crippen molar-refractivity contribution < 1.29 is 24.2 Å². The highest BCUT2D eigenvalue weighted by molar-refractivity contribution is 6.33. The first-order valence-corrected chi connectivity index (χ1v) is 9.71. The zero-order valence-corrected chi connectivity index (χ0v) is 17.0. The van der Waals surface area contributed by atoms with Crippen LogP contribution < -0.4 is 15.4 Å². The fourth-order valence-electron chi connectivity index (χ4n) is 2.78. The summed E-state index contributed by atoms with van der Waals surface area (Å²) in [6.45, 7) is 0. The number of carboxylic acids is 1. The fourth-order valence-corrected chi connectivity index (χ4v) is 3.00. The van der Waals surface area contributed by atoms with Crippen molar-refractivity contribution in [2.75, 3.05) is 5.32 Å². The van der Waals surface area contributed by atoms with Gasteiger partial charge in [-0.05, 0) is 42.0 Å². The van der Waals surface area contributed by atoms with E-state index in [0.29, 0.717) is 17.0 Å². The molecule has 0 saturated heterocycles. The van der Waals surface area contributed by atoms with E-state index in [1.807, 2.05) is 6.07 Å². The van der Waals surface area contributed by atoms with Crippen molar-refractivity contribution in [3.05, 3.63) is 95.0 Å². The molecule has 2 amide bonds. The van der Waals surface area contributed by atoms with Gasteiger partial charge in [0.1, 0.15) is 11.8 Å². The molecule has 0 aliphatic heterocycles. The standard InChI is InChI=1S/C23H19ClN2O5/c24-19-9-5-4-8-18(19)21(27)26-20(22(28)29)14-15-10-12-17(13-11-15)31-23(30)25-16-6-2-1-3-7-16/h1-13,20H,14H2,(H,25,30)(H,26,27)(H,28,29)/t20-/m0/s1. The first kappa shape index (κ1) is 21.9. The molecule has 3 N–H and O–H groups in total. The van der Waals surface area contributed by atoms with Crippen LogP contribution in [0, 0.1) is 0 Å². The lowest BCUT2D eigenvalue weighted by Gasteiger charge is -2.15. The van der Waals surface area contributed by atoms with Gasteiger partial charge in [-0.2, -0.15) is 0 Å². The molecule has 0 radical (unpaired) electrons. The molecule has 0 fully saturated rings. The molecule has 158 valence electrons. The summed E-state index contributed by atoms with van der Waals surface area (Å²) in [4.78, 5) is 35.9. The third-order valence-corrected chi connectivity index (χ3v) is 4.65. The van der Waals surface area contributed by atoms with Gasteiger partial charge in [-0.1, -0.05) is 54.1 Å². The first-order valence-electron chi connectivity index (χ1n) is 9.33. The molecule has 0 spiro atoms. The Morgan fingerprint density at radius 1 is 0.903 bits per heavy atom. The van der Waals surface area contributed by atoms with Gasteiger partial charge >= 0.3 is 12.1 Å². The Morgan fingerprint density at radius 3 is 2.19 bits per heavy atom. The van der Waals surface area contributed by atoms with Gasteiger partial charge in [0.2, 0.25) is 0 Å². The number of nitrogens with one attached hydrogen (secondary N) is 2. The number of aliphatic carboxylic acids is 1. The number of anilines is 1.